The lowest BCUT2D eigenvalue weighted by Crippen LogP contribution is -2.61. The van der Waals surface area contributed by atoms with Gasteiger partial charge in [0.15, 0.2) is 0 Å². The molecule has 0 atom stereocenters. The molecule has 420 valence electrons. The quantitative estimate of drug-likeness (QED) is 0.148. The molecule has 10 aromatic carbocycles. The number of aromatic nitrogens is 1. The molecule has 0 saturated heterocycles. The van der Waals surface area contributed by atoms with Gasteiger partial charge in [-0.05, 0) is 220 Å². The first-order chi connectivity index (χ1) is 40.6. The SMILES string of the molecule is Cc1cc2c3c(c1)N(c1cc(C)c(-c4cc5ccccc5s4)c(C)c1)c1cc(C(C)(C)C)ccc1B3c1ccc(N(c3ccc4c5ccccc5n(-c5ccccc5)c4c3)c3c(C)cc(C(C)(C)C)cc3C)cc1N2c1ccc(C(C)(C)C)cc1. The zero-order valence-electron chi connectivity index (χ0n) is 51.8. The lowest BCUT2D eigenvalue weighted by molar-refractivity contribution is 0.589. The van der Waals surface area contributed by atoms with Gasteiger partial charge in [0.05, 0.1) is 16.7 Å². The number of rotatable bonds is 7. The van der Waals surface area contributed by atoms with Gasteiger partial charge in [-0.3, -0.25) is 0 Å². The molecule has 6 heteroatoms. The Morgan fingerprint density at radius 3 is 1.61 bits per heavy atom. The Balaban J connectivity index is 1.03. The zero-order valence-corrected chi connectivity index (χ0v) is 52.6. The first-order valence-electron chi connectivity index (χ1n) is 30.3. The van der Waals surface area contributed by atoms with Crippen molar-refractivity contribution in [1.82, 2.24) is 4.57 Å². The van der Waals surface area contributed by atoms with Crippen molar-refractivity contribution < 1.29 is 0 Å². The number of hydrogen-bond acceptors (Lipinski definition) is 4. The van der Waals surface area contributed by atoms with E-state index < -0.39 is 0 Å². The Bertz CT molecular complexity index is 4590. The van der Waals surface area contributed by atoms with Crippen LogP contribution in [0.3, 0.4) is 0 Å². The third-order valence-corrected chi connectivity index (χ3v) is 19.4. The van der Waals surface area contributed by atoms with Crippen LogP contribution < -0.4 is 31.1 Å². The Kier molecular flexibility index (Phi) is 12.6. The third kappa shape index (κ3) is 9.01. The minimum atomic E-state index is -0.0751. The molecule has 0 radical (unpaired) electrons. The summed E-state index contributed by atoms with van der Waals surface area (Å²) in [5.74, 6) is 0. The normalized spacial score (nSPS) is 13.2. The molecule has 2 aliphatic heterocycles. The zero-order chi connectivity index (χ0) is 59.2. The Morgan fingerprint density at radius 2 is 0.953 bits per heavy atom. The summed E-state index contributed by atoms with van der Waals surface area (Å²) >= 11 is 1.89. The number of benzene rings is 10. The molecular weight excluding hydrogens is 1050 g/mol. The summed E-state index contributed by atoms with van der Waals surface area (Å²) in [6.07, 6.45) is 0. The molecule has 85 heavy (non-hydrogen) atoms. The second kappa shape index (κ2) is 19.8. The number of hydrogen-bond donors (Lipinski definition) is 0. The molecule has 4 heterocycles. The first kappa shape index (κ1) is 54.4. The van der Waals surface area contributed by atoms with Crippen molar-refractivity contribution in [2.24, 2.45) is 0 Å². The number of fused-ring (bicyclic) bond motifs is 8. The maximum absolute atomic E-state index is 2.61. The first-order valence-corrected chi connectivity index (χ1v) is 31.2. The van der Waals surface area contributed by atoms with Gasteiger partial charge < -0.3 is 19.3 Å². The highest BCUT2D eigenvalue weighted by Crippen LogP contribution is 2.50. The Hall–Kier alpha value is -8.58. The van der Waals surface area contributed by atoms with E-state index in [1.807, 2.05) is 11.3 Å². The van der Waals surface area contributed by atoms with Crippen molar-refractivity contribution in [3.8, 4) is 16.1 Å². The van der Waals surface area contributed by atoms with Crippen molar-refractivity contribution in [1.29, 1.82) is 0 Å². The predicted molar refractivity (Wildman–Crippen MR) is 370 cm³/mol. The summed E-state index contributed by atoms with van der Waals surface area (Å²) in [6.45, 7) is 32.4. The van der Waals surface area contributed by atoms with E-state index in [2.05, 4.69) is 316 Å². The second-order valence-electron chi connectivity index (χ2n) is 27.4. The van der Waals surface area contributed by atoms with Crippen LogP contribution in [0.4, 0.5) is 51.2 Å². The van der Waals surface area contributed by atoms with Crippen LogP contribution in [0.5, 0.6) is 0 Å². The lowest BCUT2D eigenvalue weighted by atomic mass is 9.33. The predicted octanol–water partition coefficient (Wildman–Crippen LogP) is 20.7. The molecule has 0 fully saturated rings. The summed E-state index contributed by atoms with van der Waals surface area (Å²) in [7, 11) is 0. The van der Waals surface area contributed by atoms with Crippen LogP contribution in [-0.4, -0.2) is 11.3 Å². The molecule has 14 rings (SSSR count). The molecule has 0 aliphatic carbocycles. The number of aryl methyl sites for hydroxylation is 5. The summed E-state index contributed by atoms with van der Waals surface area (Å²) in [5.41, 5.74) is 29.5. The number of para-hydroxylation sites is 2. The number of nitrogens with zero attached hydrogens (tertiary/aromatic N) is 4. The Morgan fingerprint density at radius 1 is 0.400 bits per heavy atom. The average molecular weight is 1120 g/mol. The fourth-order valence-corrected chi connectivity index (χ4v) is 15.3. The maximum Gasteiger partial charge on any atom is 0.252 e. The van der Waals surface area contributed by atoms with Crippen LogP contribution >= 0.6 is 11.3 Å². The van der Waals surface area contributed by atoms with Gasteiger partial charge in [-0.25, -0.2) is 0 Å². The van der Waals surface area contributed by atoms with Crippen LogP contribution in [0.2, 0.25) is 0 Å². The molecule has 0 spiro atoms. The van der Waals surface area contributed by atoms with Crippen molar-refractivity contribution in [3.63, 3.8) is 0 Å². The van der Waals surface area contributed by atoms with E-state index in [4.69, 9.17) is 0 Å². The van der Waals surface area contributed by atoms with Gasteiger partial charge in [-0.2, -0.15) is 0 Å². The summed E-state index contributed by atoms with van der Waals surface area (Å²) in [6, 6.07) is 76.9. The molecule has 2 aromatic heterocycles. The molecule has 0 bridgehead atoms. The standard InChI is InChI=1S/C79H75BN4S/c1-48-38-70-75-71(39-48)84(61-42-49(2)74(50(3)43-61)73-44-53-22-18-21-27-72(53)85-73)68-45-55(78(9,10)11)30-36-64(68)80(75)65-37-34-60(47-69(65)83(70)58-31-28-54(29-32-58)77(6,7)8)81(76-51(4)40-56(41-52(76)5)79(12,13)14)59-33-35-63-62-25-19-20-26-66(62)82(67(63)46-59)57-23-16-15-17-24-57/h15-47H,1-14H3. The summed E-state index contributed by atoms with van der Waals surface area (Å²) < 4.78 is 3.76. The van der Waals surface area contributed by atoms with E-state index in [1.54, 1.807) is 0 Å². The van der Waals surface area contributed by atoms with Crippen molar-refractivity contribution in [2.75, 3.05) is 14.7 Å². The van der Waals surface area contributed by atoms with E-state index in [-0.39, 0.29) is 23.0 Å². The summed E-state index contributed by atoms with van der Waals surface area (Å²) in [5, 5.41) is 3.77. The van der Waals surface area contributed by atoms with E-state index in [9.17, 15) is 0 Å². The van der Waals surface area contributed by atoms with Gasteiger partial charge in [0, 0.05) is 71.5 Å². The molecule has 12 aromatic rings. The second-order valence-corrected chi connectivity index (χ2v) is 28.5. The highest BCUT2D eigenvalue weighted by atomic mass is 32.1. The number of anilines is 9. The van der Waals surface area contributed by atoms with Gasteiger partial charge >= 0.3 is 0 Å². The smallest absolute Gasteiger partial charge is 0.252 e. The largest absolute Gasteiger partial charge is 0.311 e. The lowest BCUT2D eigenvalue weighted by Gasteiger charge is -2.45. The maximum atomic E-state index is 2.61. The van der Waals surface area contributed by atoms with Crippen LogP contribution in [0.15, 0.2) is 200 Å². The molecule has 0 N–H and O–H groups in total. The van der Waals surface area contributed by atoms with Crippen LogP contribution in [0.25, 0.3) is 48.0 Å². The monoisotopic (exact) mass is 1120 g/mol. The fraction of sp³-hybridized carbons (Fsp3) is 0.215. The Labute approximate surface area is 507 Å². The van der Waals surface area contributed by atoms with Gasteiger partial charge in [0.1, 0.15) is 0 Å². The minimum absolute atomic E-state index is 0.00984. The molecule has 4 nitrogen and oxygen atoms in total. The summed E-state index contributed by atoms with van der Waals surface area (Å²) in [4.78, 5) is 9.08. The van der Waals surface area contributed by atoms with Gasteiger partial charge in [0.25, 0.3) is 6.71 Å². The van der Waals surface area contributed by atoms with Crippen molar-refractivity contribution in [2.45, 2.75) is 113 Å². The highest BCUT2D eigenvalue weighted by molar-refractivity contribution is 7.22. The van der Waals surface area contributed by atoms with Crippen LogP contribution in [0, 0.1) is 34.6 Å². The van der Waals surface area contributed by atoms with Crippen LogP contribution in [-0.2, 0) is 16.2 Å². The van der Waals surface area contributed by atoms with Crippen molar-refractivity contribution >= 4 is 118 Å². The molecular formula is C79H75BN4S. The molecule has 2 aliphatic rings. The van der Waals surface area contributed by atoms with E-state index in [0.717, 1.165) is 22.7 Å². The molecule has 0 unspecified atom stereocenters. The third-order valence-electron chi connectivity index (χ3n) is 18.3. The van der Waals surface area contributed by atoms with Crippen molar-refractivity contribution in [3.05, 3.63) is 245 Å². The average Bonchev–Trinajstić information content (AvgIpc) is 1.54. The van der Waals surface area contributed by atoms with Gasteiger partial charge in [-0.1, -0.05) is 165 Å². The number of thiophene rings is 1. The van der Waals surface area contributed by atoms with Gasteiger partial charge in [-0.15, -0.1) is 11.3 Å². The topological polar surface area (TPSA) is 14.7 Å². The molecule has 0 amide bonds. The minimum Gasteiger partial charge on any atom is -0.311 e. The highest BCUT2D eigenvalue weighted by Gasteiger charge is 2.44. The van der Waals surface area contributed by atoms with E-state index in [0.29, 0.717) is 0 Å². The van der Waals surface area contributed by atoms with E-state index in [1.165, 1.54) is 137 Å². The van der Waals surface area contributed by atoms with Gasteiger partial charge in [0.2, 0.25) is 0 Å². The fourth-order valence-electron chi connectivity index (χ4n) is 14.1. The van der Waals surface area contributed by atoms with Crippen LogP contribution in [0.1, 0.15) is 107 Å². The molecule has 0 saturated carbocycles. The van der Waals surface area contributed by atoms with E-state index >= 15 is 0 Å².